The van der Waals surface area contributed by atoms with Crippen LogP contribution < -0.4 is 4.74 Å². The number of hydrogen-bond acceptors (Lipinski definition) is 5. The summed E-state index contributed by atoms with van der Waals surface area (Å²) in [4.78, 5) is 0. The Morgan fingerprint density at radius 2 is 1.96 bits per heavy atom. The van der Waals surface area contributed by atoms with E-state index in [2.05, 4.69) is 10.2 Å². The minimum absolute atomic E-state index is 0.207. The average Bonchev–Trinajstić information content (AvgIpc) is 3.06. The van der Waals surface area contributed by atoms with Crippen LogP contribution in [-0.2, 0) is 10.0 Å². The van der Waals surface area contributed by atoms with Gasteiger partial charge >= 0.3 is 0 Å². The van der Waals surface area contributed by atoms with Crippen molar-refractivity contribution in [2.45, 2.75) is 19.4 Å². The van der Waals surface area contributed by atoms with E-state index < -0.39 is 10.0 Å². The van der Waals surface area contributed by atoms with Gasteiger partial charge in [-0.05, 0) is 31.1 Å². The largest absolute Gasteiger partial charge is 0.472 e. The van der Waals surface area contributed by atoms with Crippen molar-refractivity contribution in [3.63, 3.8) is 0 Å². The molecule has 3 rings (SSSR count). The summed E-state index contributed by atoms with van der Waals surface area (Å²) in [5.41, 5.74) is 1.66. The van der Waals surface area contributed by atoms with Crippen LogP contribution >= 0.6 is 0 Å². The maximum absolute atomic E-state index is 12.4. The highest BCUT2D eigenvalue weighted by atomic mass is 32.2. The molecule has 126 valence electrons. The van der Waals surface area contributed by atoms with E-state index in [1.165, 1.54) is 9.71 Å². The molecule has 0 aliphatic carbocycles. The van der Waals surface area contributed by atoms with E-state index in [1.807, 2.05) is 43.3 Å². The fraction of sp³-hybridized carbons (Fsp3) is 0.294. The first-order valence-corrected chi connectivity index (χ1v) is 9.23. The van der Waals surface area contributed by atoms with E-state index in [4.69, 9.17) is 4.74 Å². The Morgan fingerprint density at radius 3 is 2.67 bits per heavy atom. The molecule has 0 radical (unpaired) electrons. The summed E-state index contributed by atoms with van der Waals surface area (Å²) in [6, 6.07) is 12.9. The molecule has 24 heavy (non-hydrogen) atoms. The summed E-state index contributed by atoms with van der Waals surface area (Å²) >= 11 is 0. The molecule has 2 heterocycles. The SMILES string of the molecule is Cc1ccc(OC2CCN(S(=O)(=O)/C=C/c3ccccc3)C2)nn1. The van der Waals surface area contributed by atoms with Crippen molar-refractivity contribution in [3.05, 3.63) is 59.1 Å². The molecular formula is C17H19N3O3S. The minimum atomic E-state index is -3.45. The zero-order valence-corrected chi connectivity index (χ0v) is 14.2. The van der Waals surface area contributed by atoms with E-state index in [-0.39, 0.29) is 6.10 Å². The molecule has 1 fully saturated rings. The molecule has 0 saturated carbocycles. The van der Waals surface area contributed by atoms with Gasteiger partial charge < -0.3 is 4.74 Å². The monoisotopic (exact) mass is 345 g/mol. The Morgan fingerprint density at radius 1 is 1.17 bits per heavy atom. The number of sulfonamides is 1. The number of aryl methyl sites for hydroxylation is 1. The number of benzene rings is 1. The molecule has 1 aromatic heterocycles. The van der Waals surface area contributed by atoms with Crippen molar-refractivity contribution in [3.8, 4) is 5.88 Å². The number of aromatic nitrogens is 2. The normalized spacial score (nSPS) is 19.0. The molecule has 7 heteroatoms. The number of nitrogens with zero attached hydrogens (tertiary/aromatic N) is 3. The maximum Gasteiger partial charge on any atom is 0.236 e. The van der Waals surface area contributed by atoms with Crippen molar-refractivity contribution >= 4 is 16.1 Å². The quantitative estimate of drug-likeness (QED) is 0.831. The van der Waals surface area contributed by atoms with Gasteiger partial charge in [0.1, 0.15) is 6.10 Å². The highest BCUT2D eigenvalue weighted by molar-refractivity contribution is 7.92. The molecule has 0 N–H and O–H groups in total. The lowest BCUT2D eigenvalue weighted by atomic mass is 10.2. The van der Waals surface area contributed by atoms with Crippen LogP contribution in [0.3, 0.4) is 0 Å². The van der Waals surface area contributed by atoms with Crippen molar-refractivity contribution in [1.29, 1.82) is 0 Å². The predicted molar refractivity (Wildman–Crippen MR) is 91.8 cm³/mol. The second-order valence-corrected chi connectivity index (χ2v) is 7.48. The summed E-state index contributed by atoms with van der Waals surface area (Å²) < 4.78 is 32.0. The Hall–Kier alpha value is -2.25. The minimum Gasteiger partial charge on any atom is -0.472 e. The lowest BCUT2D eigenvalue weighted by molar-refractivity contribution is 0.204. The zero-order valence-electron chi connectivity index (χ0n) is 13.4. The number of ether oxygens (including phenoxy) is 1. The zero-order chi connectivity index (χ0) is 17.0. The van der Waals surface area contributed by atoms with Gasteiger partial charge in [-0.25, -0.2) is 8.42 Å². The third-order valence-corrected chi connectivity index (χ3v) is 5.29. The predicted octanol–water partition coefficient (Wildman–Crippen LogP) is 2.24. The van der Waals surface area contributed by atoms with Gasteiger partial charge in [0, 0.05) is 18.0 Å². The van der Waals surface area contributed by atoms with E-state index in [9.17, 15) is 8.42 Å². The van der Waals surface area contributed by atoms with Crippen LogP contribution in [0.1, 0.15) is 17.7 Å². The average molecular weight is 345 g/mol. The van der Waals surface area contributed by atoms with E-state index >= 15 is 0 Å². The van der Waals surface area contributed by atoms with Crippen LogP contribution in [0.4, 0.5) is 0 Å². The Kier molecular flexibility index (Phi) is 4.92. The van der Waals surface area contributed by atoms with E-state index in [0.29, 0.717) is 25.4 Å². The van der Waals surface area contributed by atoms with Crippen LogP contribution in [0.25, 0.3) is 6.08 Å². The van der Waals surface area contributed by atoms with Crippen molar-refractivity contribution < 1.29 is 13.2 Å². The number of rotatable bonds is 5. The first kappa shape index (κ1) is 16.6. The topological polar surface area (TPSA) is 72.4 Å². The van der Waals surface area contributed by atoms with Gasteiger partial charge in [0.15, 0.2) is 0 Å². The third-order valence-electron chi connectivity index (χ3n) is 3.76. The summed E-state index contributed by atoms with van der Waals surface area (Å²) in [6.07, 6.45) is 2.03. The smallest absolute Gasteiger partial charge is 0.236 e. The molecule has 1 unspecified atom stereocenters. The molecular weight excluding hydrogens is 326 g/mol. The van der Waals surface area contributed by atoms with Crippen LogP contribution in [0.5, 0.6) is 5.88 Å². The van der Waals surface area contributed by atoms with Crippen molar-refractivity contribution in [2.75, 3.05) is 13.1 Å². The summed E-state index contributed by atoms with van der Waals surface area (Å²) in [6.45, 7) is 2.60. The lowest BCUT2D eigenvalue weighted by Gasteiger charge is -2.14. The van der Waals surface area contributed by atoms with Crippen LogP contribution in [-0.4, -0.2) is 42.1 Å². The molecule has 1 aliphatic heterocycles. The van der Waals surface area contributed by atoms with Gasteiger partial charge in [-0.15, -0.1) is 5.10 Å². The highest BCUT2D eigenvalue weighted by Crippen LogP contribution is 2.20. The van der Waals surface area contributed by atoms with Crippen LogP contribution in [0, 0.1) is 6.92 Å². The molecule has 6 nitrogen and oxygen atoms in total. The summed E-state index contributed by atoms with van der Waals surface area (Å²) in [7, 11) is -3.45. The Bertz CT molecular complexity index is 805. The fourth-order valence-corrected chi connectivity index (χ4v) is 3.70. The van der Waals surface area contributed by atoms with Gasteiger partial charge in [0.05, 0.1) is 12.2 Å². The second kappa shape index (κ2) is 7.11. The fourth-order valence-electron chi connectivity index (χ4n) is 2.46. The lowest BCUT2D eigenvalue weighted by Crippen LogP contribution is -2.29. The number of hydrogen-bond donors (Lipinski definition) is 0. The standard InChI is InChI=1S/C17H19N3O3S/c1-14-7-8-17(19-18-14)23-16-9-11-20(13-16)24(21,22)12-10-15-5-3-2-4-6-15/h2-8,10,12,16H,9,11,13H2,1H3/b12-10+. The van der Waals surface area contributed by atoms with Gasteiger partial charge in [-0.3, -0.25) is 0 Å². The molecule has 0 amide bonds. The summed E-state index contributed by atoms with van der Waals surface area (Å²) in [5, 5.41) is 9.13. The highest BCUT2D eigenvalue weighted by Gasteiger charge is 2.31. The van der Waals surface area contributed by atoms with Gasteiger partial charge in [0.2, 0.25) is 15.9 Å². The van der Waals surface area contributed by atoms with Gasteiger partial charge in [-0.2, -0.15) is 9.40 Å². The summed E-state index contributed by atoms with van der Waals surface area (Å²) in [5.74, 6) is 0.421. The van der Waals surface area contributed by atoms with Gasteiger partial charge in [-0.1, -0.05) is 30.3 Å². The van der Waals surface area contributed by atoms with Crippen LogP contribution in [0.15, 0.2) is 47.9 Å². The Labute approximate surface area is 141 Å². The molecule has 0 spiro atoms. The first-order chi connectivity index (χ1) is 11.5. The second-order valence-electron chi connectivity index (χ2n) is 5.66. The van der Waals surface area contributed by atoms with Crippen LogP contribution in [0.2, 0.25) is 0 Å². The molecule has 2 aromatic rings. The van der Waals surface area contributed by atoms with Crippen molar-refractivity contribution in [2.24, 2.45) is 0 Å². The third kappa shape index (κ3) is 4.18. The van der Waals surface area contributed by atoms with E-state index in [1.54, 1.807) is 12.1 Å². The first-order valence-electron chi connectivity index (χ1n) is 7.73. The van der Waals surface area contributed by atoms with Crippen molar-refractivity contribution in [1.82, 2.24) is 14.5 Å². The molecule has 1 saturated heterocycles. The maximum atomic E-state index is 12.4. The molecule has 1 atom stereocenters. The molecule has 0 bridgehead atoms. The van der Waals surface area contributed by atoms with Gasteiger partial charge in [0.25, 0.3) is 0 Å². The molecule has 1 aromatic carbocycles. The van der Waals surface area contributed by atoms with E-state index in [0.717, 1.165) is 11.3 Å². The Balaban J connectivity index is 1.61. The molecule has 1 aliphatic rings.